The molecule has 3 aromatic rings. The summed E-state index contributed by atoms with van der Waals surface area (Å²) >= 11 is 0. The van der Waals surface area contributed by atoms with Gasteiger partial charge in [-0.1, -0.05) is 29.4 Å². The summed E-state index contributed by atoms with van der Waals surface area (Å²) in [6, 6.07) is 14.1. The number of fused-ring (bicyclic) bond motifs is 1. The third kappa shape index (κ3) is 5.17. The second kappa shape index (κ2) is 10.5. The largest absolute Gasteiger partial charge is 0.493 e. The zero-order chi connectivity index (χ0) is 24.2. The molecular weight excluding hydrogens is 444 g/mol. The Hall–Kier alpha value is -3.39. The Labute approximate surface area is 205 Å². The monoisotopic (exact) mass is 476 g/mol. The van der Waals surface area contributed by atoms with Crippen molar-refractivity contribution < 1.29 is 18.8 Å². The van der Waals surface area contributed by atoms with Crippen molar-refractivity contribution in [3.63, 3.8) is 0 Å². The fraction of sp³-hybridized carbons (Fsp3) is 0.444. The molecule has 0 spiro atoms. The first-order valence-corrected chi connectivity index (χ1v) is 12.3. The number of aryl methyl sites for hydroxylation is 1. The number of benzene rings is 2. The Balaban J connectivity index is 1.21. The number of carbonyl (C=O) groups is 1. The van der Waals surface area contributed by atoms with Crippen molar-refractivity contribution in [1.82, 2.24) is 20.4 Å². The van der Waals surface area contributed by atoms with E-state index in [1.165, 1.54) is 11.1 Å². The number of methoxy groups -OCH3 is 2. The van der Waals surface area contributed by atoms with Gasteiger partial charge in [-0.25, -0.2) is 0 Å². The van der Waals surface area contributed by atoms with Crippen LogP contribution in [0.3, 0.4) is 0 Å². The van der Waals surface area contributed by atoms with Crippen LogP contribution in [0.2, 0.25) is 0 Å². The Kier molecular flexibility index (Phi) is 6.99. The number of nitrogens with one attached hydrogen (secondary N) is 1. The van der Waals surface area contributed by atoms with Crippen LogP contribution < -0.4 is 14.8 Å². The van der Waals surface area contributed by atoms with Gasteiger partial charge < -0.3 is 19.3 Å². The van der Waals surface area contributed by atoms with E-state index in [1.807, 2.05) is 18.2 Å². The third-order valence-corrected chi connectivity index (χ3v) is 7.03. The van der Waals surface area contributed by atoms with Crippen LogP contribution in [-0.2, 0) is 17.8 Å². The molecule has 0 saturated carbocycles. The third-order valence-electron chi connectivity index (χ3n) is 7.03. The molecule has 2 atom stereocenters. The molecule has 0 bridgehead atoms. The van der Waals surface area contributed by atoms with Crippen molar-refractivity contribution in [3.8, 4) is 22.9 Å². The number of aromatic nitrogens is 2. The lowest BCUT2D eigenvalue weighted by atomic mass is 9.87. The molecule has 2 unspecified atom stereocenters. The van der Waals surface area contributed by atoms with Crippen molar-refractivity contribution in [1.29, 1.82) is 0 Å². The second-order valence-electron chi connectivity index (χ2n) is 9.31. The minimum absolute atomic E-state index is 0.0360. The van der Waals surface area contributed by atoms with E-state index >= 15 is 0 Å². The summed E-state index contributed by atoms with van der Waals surface area (Å²) in [6.45, 7) is 2.12. The van der Waals surface area contributed by atoms with Gasteiger partial charge in [0.2, 0.25) is 17.6 Å². The van der Waals surface area contributed by atoms with E-state index in [4.69, 9.17) is 14.0 Å². The predicted octanol–water partition coefficient (Wildman–Crippen LogP) is 4.16. The number of nitrogens with zero attached hydrogens (tertiary/aromatic N) is 3. The fourth-order valence-corrected chi connectivity index (χ4v) is 5.21. The molecule has 2 aromatic carbocycles. The van der Waals surface area contributed by atoms with Crippen LogP contribution in [0.1, 0.15) is 48.7 Å². The average molecular weight is 477 g/mol. The maximum atomic E-state index is 13.2. The molecule has 1 fully saturated rings. The smallest absolute Gasteiger partial charge is 0.241 e. The molecule has 5 rings (SSSR count). The molecule has 1 N–H and O–H groups in total. The highest BCUT2D eigenvalue weighted by Gasteiger charge is 2.30. The number of piperidine rings is 1. The number of amides is 1. The molecule has 1 aliphatic heterocycles. The number of hydrogen-bond acceptors (Lipinski definition) is 7. The van der Waals surface area contributed by atoms with Gasteiger partial charge in [-0.15, -0.1) is 0 Å². The highest BCUT2D eigenvalue weighted by molar-refractivity contribution is 5.79. The molecule has 2 aliphatic rings. The van der Waals surface area contributed by atoms with E-state index in [-0.39, 0.29) is 17.9 Å². The van der Waals surface area contributed by atoms with E-state index < -0.39 is 0 Å². The highest BCUT2D eigenvalue weighted by Crippen LogP contribution is 2.32. The zero-order valence-electron chi connectivity index (χ0n) is 20.3. The molecule has 1 saturated heterocycles. The van der Waals surface area contributed by atoms with E-state index in [9.17, 15) is 4.79 Å². The molecular formula is C27H32N4O4. The summed E-state index contributed by atoms with van der Waals surface area (Å²) in [5.74, 6) is 2.41. The summed E-state index contributed by atoms with van der Waals surface area (Å²) in [5.41, 5.74) is 3.42. The number of ether oxygens (including phenoxy) is 2. The van der Waals surface area contributed by atoms with Crippen LogP contribution in [0.25, 0.3) is 11.4 Å². The Bertz CT molecular complexity index is 1180. The van der Waals surface area contributed by atoms with Gasteiger partial charge in [0.15, 0.2) is 11.5 Å². The maximum absolute atomic E-state index is 13.2. The lowest BCUT2D eigenvalue weighted by Crippen LogP contribution is -2.44. The van der Waals surface area contributed by atoms with Gasteiger partial charge in [-0.05, 0) is 68.0 Å². The SMILES string of the molecule is COc1ccc(-c2noc(CN3CCCC(C(=O)NC4CCCc5ccccc54)C3)n2)cc1OC. The van der Waals surface area contributed by atoms with Crippen molar-refractivity contribution in [2.75, 3.05) is 27.3 Å². The summed E-state index contributed by atoms with van der Waals surface area (Å²) in [6.07, 6.45) is 5.07. The lowest BCUT2D eigenvalue weighted by Gasteiger charge is -2.33. The molecule has 8 heteroatoms. The van der Waals surface area contributed by atoms with Gasteiger partial charge in [-0.3, -0.25) is 9.69 Å². The molecule has 0 radical (unpaired) electrons. The van der Waals surface area contributed by atoms with Crippen molar-refractivity contribution in [3.05, 3.63) is 59.5 Å². The highest BCUT2D eigenvalue weighted by atomic mass is 16.5. The number of hydrogen-bond donors (Lipinski definition) is 1. The normalized spacial score (nSPS) is 20.2. The van der Waals surface area contributed by atoms with Crippen LogP contribution in [0.4, 0.5) is 0 Å². The summed E-state index contributed by atoms with van der Waals surface area (Å²) < 4.78 is 16.2. The van der Waals surface area contributed by atoms with Gasteiger partial charge >= 0.3 is 0 Å². The van der Waals surface area contributed by atoms with E-state index in [1.54, 1.807) is 14.2 Å². The first kappa shape index (κ1) is 23.4. The Morgan fingerprint density at radius 2 is 1.97 bits per heavy atom. The van der Waals surface area contributed by atoms with Gasteiger partial charge in [-0.2, -0.15) is 4.98 Å². The topological polar surface area (TPSA) is 89.7 Å². The van der Waals surface area contributed by atoms with Gasteiger partial charge in [0.1, 0.15) is 0 Å². The molecule has 35 heavy (non-hydrogen) atoms. The van der Waals surface area contributed by atoms with Crippen LogP contribution in [0.15, 0.2) is 47.0 Å². The zero-order valence-corrected chi connectivity index (χ0v) is 20.3. The maximum Gasteiger partial charge on any atom is 0.241 e. The summed E-state index contributed by atoms with van der Waals surface area (Å²) in [7, 11) is 3.20. The average Bonchev–Trinajstić information content (AvgIpc) is 3.37. The fourth-order valence-electron chi connectivity index (χ4n) is 5.21. The minimum Gasteiger partial charge on any atom is -0.493 e. The summed E-state index contributed by atoms with van der Waals surface area (Å²) in [5, 5.41) is 7.48. The van der Waals surface area contributed by atoms with Crippen molar-refractivity contribution in [2.45, 2.75) is 44.7 Å². The molecule has 8 nitrogen and oxygen atoms in total. The Morgan fingerprint density at radius 1 is 1.11 bits per heavy atom. The van der Waals surface area contributed by atoms with E-state index in [0.717, 1.165) is 44.2 Å². The number of likely N-dealkylation sites (tertiary alicyclic amines) is 1. The van der Waals surface area contributed by atoms with Gasteiger partial charge in [0, 0.05) is 12.1 Å². The van der Waals surface area contributed by atoms with Crippen molar-refractivity contribution >= 4 is 5.91 Å². The van der Waals surface area contributed by atoms with Crippen LogP contribution in [-0.4, -0.2) is 48.3 Å². The first-order valence-electron chi connectivity index (χ1n) is 12.3. The summed E-state index contributed by atoms with van der Waals surface area (Å²) in [4.78, 5) is 20.0. The van der Waals surface area contributed by atoms with Gasteiger partial charge in [0.25, 0.3) is 0 Å². The number of rotatable bonds is 7. The quantitative estimate of drug-likeness (QED) is 0.548. The standard InChI is InChI=1S/C27H32N4O4/c1-33-23-13-12-19(15-24(23)34-2)26-29-25(35-30-26)17-31-14-6-9-20(16-31)27(32)28-22-11-5-8-18-7-3-4-10-21(18)22/h3-4,7,10,12-13,15,20,22H,5-6,8-9,11,14,16-17H2,1-2H3,(H,28,32). The molecule has 1 aromatic heterocycles. The van der Waals surface area contributed by atoms with Crippen LogP contribution in [0, 0.1) is 5.92 Å². The Morgan fingerprint density at radius 3 is 2.83 bits per heavy atom. The van der Waals surface area contributed by atoms with E-state index in [2.05, 4.69) is 44.6 Å². The van der Waals surface area contributed by atoms with Crippen molar-refractivity contribution in [2.24, 2.45) is 5.92 Å². The number of carbonyl (C=O) groups excluding carboxylic acids is 1. The molecule has 184 valence electrons. The lowest BCUT2D eigenvalue weighted by molar-refractivity contribution is -0.127. The molecule has 1 amide bonds. The molecule has 2 heterocycles. The minimum atomic E-state index is -0.0360. The predicted molar refractivity (Wildman–Crippen MR) is 131 cm³/mol. The van der Waals surface area contributed by atoms with Crippen LogP contribution in [0.5, 0.6) is 11.5 Å². The second-order valence-corrected chi connectivity index (χ2v) is 9.31. The van der Waals surface area contributed by atoms with Crippen LogP contribution >= 0.6 is 0 Å². The van der Waals surface area contributed by atoms with E-state index in [0.29, 0.717) is 36.3 Å². The first-order chi connectivity index (χ1) is 17.1. The van der Waals surface area contributed by atoms with Gasteiger partial charge in [0.05, 0.1) is 32.7 Å². The molecule has 1 aliphatic carbocycles.